The van der Waals surface area contributed by atoms with Crippen LogP contribution >= 0.6 is 0 Å². The van der Waals surface area contributed by atoms with Gasteiger partial charge in [-0.15, -0.1) is 0 Å². The van der Waals surface area contributed by atoms with Gasteiger partial charge in [-0.25, -0.2) is 0 Å². The number of hydrogen-bond acceptors (Lipinski definition) is 2. The van der Waals surface area contributed by atoms with E-state index in [4.69, 9.17) is 0 Å². The molecule has 2 nitrogen and oxygen atoms in total. The summed E-state index contributed by atoms with van der Waals surface area (Å²) in [5, 5.41) is 0. The van der Waals surface area contributed by atoms with E-state index < -0.39 is 0 Å². The van der Waals surface area contributed by atoms with Crippen molar-refractivity contribution >= 4 is 5.69 Å². The minimum atomic E-state index is 1.08. The Hall–Kier alpha value is -1.44. The minimum Gasteiger partial charge on any atom is -0.374 e. The van der Waals surface area contributed by atoms with Crippen molar-refractivity contribution in [2.45, 2.75) is 6.92 Å². The SMILES string of the molecule is C=CN1CCN(c2ccccc2C)CC1. The molecule has 1 saturated heterocycles. The summed E-state index contributed by atoms with van der Waals surface area (Å²) >= 11 is 0. The third-order valence-electron chi connectivity index (χ3n) is 3.03. The molecule has 1 heterocycles. The van der Waals surface area contributed by atoms with Gasteiger partial charge in [-0.1, -0.05) is 24.8 Å². The first-order valence-electron chi connectivity index (χ1n) is 5.48. The summed E-state index contributed by atoms with van der Waals surface area (Å²) < 4.78 is 0. The third kappa shape index (κ3) is 2.14. The second-order valence-corrected chi connectivity index (χ2v) is 3.99. The Morgan fingerprint density at radius 1 is 1.13 bits per heavy atom. The Bertz CT molecular complexity index is 338. The summed E-state index contributed by atoms with van der Waals surface area (Å²) in [5.74, 6) is 0. The van der Waals surface area contributed by atoms with Crippen LogP contribution < -0.4 is 4.90 Å². The van der Waals surface area contributed by atoms with Gasteiger partial charge in [0.05, 0.1) is 0 Å². The average Bonchev–Trinajstić information content (AvgIpc) is 2.30. The van der Waals surface area contributed by atoms with Crippen LogP contribution in [0.5, 0.6) is 0 Å². The molecule has 0 bridgehead atoms. The molecule has 1 fully saturated rings. The molecule has 1 aliphatic heterocycles. The average molecular weight is 202 g/mol. The molecular weight excluding hydrogens is 184 g/mol. The second-order valence-electron chi connectivity index (χ2n) is 3.99. The van der Waals surface area contributed by atoms with E-state index in [1.807, 2.05) is 6.20 Å². The van der Waals surface area contributed by atoms with Crippen LogP contribution in [0.4, 0.5) is 5.69 Å². The highest BCUT2D eigenvalue weighted by molar-refractivity contribution is 5.53. The number of hydrogen-bond donors (Lipinski definition) is 0. The molecule has 1 aliphatic rings. The highest BCUT2D eigenvalue weighted by Gasteiger charge is 2.15. The van der Waals surface area contributed by atoms with Crippen molar-refractivity contribution < 1.29 is 0 Å². The Morgan fingerprint density at radius 2 is 1.80 bits per heavy atom. The summed E-state index contributed by atoms with van der Waals surface area (Å²) in [5.41, 5.74) is 2.74. The number of rotatable bonds is 2. The molecule has 15 heavy (non-hydrogen) atoms. The number of piperazine rings is 1. The summed E-state index contributed by atoms with van der Waals surface area (Å²) in [6.45, 7) is 10.3. The zero-order valence-electron chi connectivity index (χ0n) is 9.32. The highest BCUT2D eigenvalue weighted by Crippen LogP contribution is 2.20. The summed E-state index contributed by atoms with van der Waals surface area (Å²) in [7, 11) is 0. The van der Waals surface area contributed by atoms with Gasteiger partial charge in [0.1, 0.15) is 0 Å². The number of para-hydroxylation sites is 1. The molecule has 0 saturated carbocycles. The van der Waals surface area contributed by atoms with Gasteiger partial charge in [0.15, 0.2) is 0 Å². The molecule has 0 amide bonds. The first kappa shape index (κ1) is 10.1. The molecule has 0 aromatic heterocycles. The Balaban J connectivity index is 2.07. The lowest BCUT2D eigenvalue weighted by atomic mass is 10.1. The molecule has 1 aromatic rings. The Morgan fingerprint density at radius 3 is 2.40 bits per heavy atom. The van der Waals surface area contributed by atoms with Crippen molar-refractivity contribution in [2.75, 3.05) is 31.1 Å². The third-order valence-corrected chi connectivity index (χ3v) is 3.03. The summed E-state index contributed by atoms with van der Waals surface area (Å²) in [4.78, 5) is 4.73. The van der Waals surface area contributed by atoms with Crippen molar-refractivity contribution in [1.82, 2.24) is 4.90 Å². The predicted molar refractivity (Wildman–Crippen MR) is 65.2 cm³/mol. The Labute approximate surface area is 91.8 Å². The number of benzene rings is 1. The molecule has 0 spiro atoms. The van der Waals surface area contributed by atoms with E-state index >= 15 is 0 Å². The van der Waals surface area contributed by atoms with Crippen LogP contribution in [-0.4, -0.2) is 31.1 Å². The van der Waals surface area contributed by atoms with Gasteiger partial charge in [-0.2, -0.15) is 0 Å². The van der Waals surface area contributed by atoms with Gasteiger partial charge < -0.3 is 9.80 Å². The van der Waals surface area contributed by atoms with Gasteiger partial charge >= 0.3 is 0 Å². The predicted octanol–water partition coefficient (Wildman–Crippen LogP) is 2.26. The van der Waals surface area contributed by atoms with Crippen molar-refractivity contribution in [1.29, 1.82) is 0 Å². The van der Waals surface area contributed by atoms with E-state index in [9.17, 15) is 0 Å². The lowest BCUT2D eigenvalue weighted by Crippen LogP contribution is -2.44. The lowest BCUT2D eigenvalue weighted by Gasteiger charge is -2.36. The first-order valence-corrected chi connectivity index (χ1v) is 5.48. The minimum absolute atomic E-state index is 1.08. The molecule has 0 N–H and O–H groups in total. The van der Waals surface area contributed by atoms with Gasteiger partial charge in [-0.3, -0.25) is 0 Å². The zero-order valence-corrected chi connectivity index (χ0v) is 9.32. The van der Waals surface area contributed by atoms with Crippen molar-refractivity contribution in [2.24, 2.45) is 0 Å². The van der Waals surface area contributed by atoms with Crippen molar-refractivity contribution in [3.63, 3.8) is 0 Å². The number of anilines is 1. The molecule has 0 radical (unpaired) electrons. The summed E-state index contributed by atoms with van der Waals surface area (Å²) in [6.07, 6.45) is 1.94. The van der Waals surface area contributed by atoms with Crippen molar-refractivity contribution in [3.8, 4) is 0 Å². The first-order chi connectivity index (χ1) is 7.31. The fourth-order valence-corrected chi connectivity index (χ4v) is 2.06. The quantitative estimate of drug-likeness (QED) is 0.726. The fraction of sp³-hybridized carbons (Fsp3) is 0.385. The van der Waals surface area contributed by atoms with E-state index in [0.717, 1.165) is 26.2 Å². The fourth-order valence-electron chi connectivity index (χ4n) is 2.06. The topological polar surface area (TPSA) is 6.48 Å². The van der Waals surface area contributed by atoms with Gasteiger partial charge in [0.2, 0.25) is 0 Å². The lowest BCUT2D eigenvalue weighted by molar-refractivity contribution is 0.350. The Kier molecular flexibility index (Phi) is 2.95. The number of aryl methyl sites for hydroxylation is 1. The van der Waals surface area contributed by atoms with Gasteiger partial charge in [0.25, 0.3) is 0 Å². The van der Waals surface area contributed by atoms with Crippen LogP contribution in [-0.2, 0) is 0 Å². The summed E-state index contributed by atoms with van der Waals surface area (Å²) in [6, 6.07) is 8.59. The maximum atomic E-state index is 3.81. The smallest absolute Gasteiger partial charge is 0.0397 e. The second kappa shape index (κ2) is 4.39. The number of nitrogens with zero attached hydrogens (tertiary/aromatic N) is 2. The molecule has 0 aliphatic carbocycles. The van der Waals surface area contributed by atoms with Crippen LogP contribution in [0.3, 0.4) is 0 Å². The molecule has 80 valence electrons. The van der Waals surface area contributed by atoms with E-state index in [-0.39, 0.29) is 0 Å². The van der Waals surface area contributed by atoms with Gasteiger partial charge in [0, 0.05) is 31.9 Å². The maximum absolute atomic E-state index is 3.81. The van der Waals surface area contributed by atoms with Gasteiger partial charge in [-0.05, 0) is 24.8 Å². The highest BCUT2D eigenvalue weighted by atomic mass is 15.3. The van der Waals surface area contributed by atoms with E-state index in [2.05, 4.69) is 47.6 Å². The van der Waals surface area contributed by atoms with Crippen LogP contribution in [0.25, 0.3) is 0 Å². The standard InChI is InChI=1S/C13H18N2/c1-3-14-8-10-15(11-9-14)13-7-5-4-6-12(13)2/h3-7H,1,8-11H2,2H3. The van der Waals surface area contributed by atoms with E-state index in [1.54, 1.807) is 0 Å². The monoisotopic (exact) mass is 202 g/mol. The van der Waals surface area contributed by atoms with Crippen LogP contribution in [0.15, 0.2) is 37.0 Å². The molecule has 2 rings (SSSR count). The molecular formula is C13H18N2. The van der Waals surface area contributed by atoms with Crippen LogP contribution in [0, 0.1) is 6.92 Å². The molecule has 0 atom stereocenters. The van der Waals surface area contributed by atoms with E-state index in [0.29, 0.717) is 0 Å². The van der Waals surface area contributed by atoms with Crippen LogP contribution in [0.1, 0.15) is 5.56 Å². The van der Waals surface area contributed by atoms with Crippen molar-refractivity contribution in [3.05, 3.63) is 42.6 Å². The normalized spacial score (nSPS) is 16.6. The van der Waals surface area contributed by atoms with Crippen LogP contribution in [0.2, 0.25) is 0 Å². The molecule has 1 aromatic carbocycles. The molecule has 0 unspecified atom stereocenters. The zero-order chi connectivity index (χ0) is 10.7. The largest absolute Gasteiger partial charge is 0.374 e. The van der Waals surface area contributed by atoms with E-state index in [1.165, 1.54) is 11.3 Å². The maximum Gasteiger partial charge on any atom is 0.0397 e. The molecule has 2 heteroatoms.